The van der Waals surface area contributed by atoms with Crippen molar-refractivity contribution in [1.29, 1.82) is 0 Å². The number of anilines is 1. The van der Waals surface area contributed by atoms with Gasteiger partial charge in [0.25, 0.3) is 5.91 Å². The summed E-state index contributed by atoms with van der Waals surface area (Å²) < 4.78 is 0. The van der Waals surface area contributed by atoms with Crippen molar-refractivity contribution in [2.45, 2.75) is 26.3 Å². The summed E-state index contributed by atoms with van der Waals surface area (Å²) in [4.78, 5) is 12.1. The van der Waals surface area contributed by atoms with E-state index in [2.05, 4.69) is 17.2 Å². The van der Waals surface area contributed by atoms with Gasteiger partial charge in [-0.15, -0.1) is 6.58 Å². The molecule has 0 saturated carbocycles. The first-order valence-electron chi connectivity index (χ1n) is 5.91. The number of hydrogen-bond donors (Lipinski definition) is 2. The largest absolute Gasteiger partial charge is 0.380 e. The molecule has 0 atom stereocenters. The summed E-state index contributed by atoms with van der Waals surface area (Å²) >= 11 is 12.1. The number of amides is 1. The lowest BCUT2D eigenvalue weighted by atomic mass is 10.1. The van der Waals surface area contributed by atoms with E-state index in [-0.39, 0.29) is 16.5 Å². The average Bonchev–Trinajstić information content (AvgIpc) is 2.29. The predicted octanol–water partition coefficient (Wildman–Crippen LogP) is 4.12. The average molecular weight is 301 g/mol. The molecular formula is C14H18Cl2N2O. The van der Waals surface area contributed by atoms with E-state index in [0.29, 0.717) is 22.8 Å². The monoisotopic (exact) mass is 300 g/mol. The number of nitrogens with one attached hydrogen (secondary N) is 2. The topological polar surface area (TPSA) is 41.1 Å². The predicted molar refractivity (Wildman–Crippen MR) is 82.4 cm³/mol. The molecule has 1 aromatic carbocycles. The van der Waals surface area contributed by atoms with Crippen molar-refractivity contribution in [2.75, 3.05) is 11.9 Å². The zero-order valence-corrected chi connectivity index (χ0v) is 12.8. The Morgan fingerprint density at radius 2 is 2.00 bits per heavy atom. The molecule has 0 aliphatic carbocycles. The highest BCUT2D eigenvalue weighted by atomic mass is 35.5. The molecule has 1 rings (SSSR count). The number of benzene rings is 1. The number of carbonyl (C=O) groups excluding carboxylic acids is 1. The molecule has 0 aliphatic rings. The van der Waals surface area contributed by atoms with Crippen LogP contribution in [-0.4, -0.2) is 18.0 Å². The van der Waals surface area contributed by atoms with E-state index in [1.165, 1.54) is 0 Å². The maximum absolute atomic E-state index is 12.1. The van der Waals surface area contributed by atoms with E-state index < -0.39 is 0 Å². The van der Waals surface area contributed by atoms with E-state index in [9.17, 15) is 4.79 Å². The minimum absolute atomic E-state index is 0.190. The molecule has 0 radical (unpaired) electrons. The molecule has 0 unspecified atom stereocenters. The molecule has 0 aromatic heterocycles. The third kappa shape index (κ3) is 4.44. The van der Waals surface area contributed by atoms with E-state index in [0.717, 1.165) is 0 Å². The van der Waals surface area contributed by atoms with Crippen LogP contribution in [0.3, 0.4) is 0 Å². The summed E-state index contributed by atoms with van der Waals surface area (Å²) in [6, 6.07) is 3.42. The lowest BCUT2D eigenvalue weighted by Gasteiger charge is -2.24. The lowest BCUT2D eigenvalue weighted by Crippen LogP contribution is -2.30. The smallest absolute Gasteiger partial charge is 0.255 e. The summed E-state index contributed by atoms with van der Waals surface area (Å²) in [6.07, 6.45) is 1.60. The number of halogens is 2. The fourth-order valence-electron chi connectivity index (χ4n) is 1.53. The molecule has 0 bridgehead atoms. The van der Waals surface area contributed by atoms with Crippen LogP contribution in [0.25, 0.3) is 0 Å². The highest BCUT2D eigenvalue weighted by Gasteiger charge is 2.20. The summed E-state index contributed by atoms with van der Waals surface area (Å²) in [5, 5.41) is 6.55. The van der Waals surface area contributed by atoms with Gasteiger partial charge in [-0.2, -0.15) is 0 Å². The number of hydrogen-bond acceptors (Lipinski definition) is 2. The van der Waals surface area contributed by atoms with Gasteiger partial charge in [0.05, 0.1) is 15.6 Å². The quantitative estimate of drug-likeness (QED) is 0.821. The van der Waals surface area contributed by atoms with E-state index in [4.69, 9.17) is 23.2 Å². The minimum Gasteiger partial charge on any atom is -0.380 e. The minimum atomic E-state index is -0.279. The van der Waals surface area contributed by atoms with Crippen LogP contribution >= 0.6 is 23.2 Å². The SMILES string of the molecule is C=CCNC(=O)c1c(NC(C)(C)C)ccc(Cl)c1Cl. The number of carbonyl (C=O) groups is 1. The van der Waals surface area contributed by atoms with Crippen LogP contribution in [-0.2, 0) is 0 Å². The molecule has 2 N–H and O–H groups in total. The van der Waals surface area contributed by atoms with Crippen molar-refractivity contribution in [2.24, 2.45) is 0 Å². The van der Waals surface area contributed by atoms with Crippen molar-refractivity contribution in [3.63, 3.8) is 0 Å². The van der Waals surface area contributed by atoms with Crippen LogP contribution in [0.4, 0.5) is 5.69 Å². The zero-order valence-electron chi connectivity index (χ0n) is 11.3. The molecule has 0 aliphatic heterocycles. The molecule has 0 spiro atoms. The highest BCUT2D eigenvalue weighted by Crippen LogP contribution is 2.32. The molecule has 104 valence electrons. The van der Waals surface area contributed by atoms with Gasteiger partial charge in [0.15, 0.2) is 0 Å². The van der Waals surface area contributed by atoms with E-state index in [1.807, 2.05) is 20.8 Å². The zero-order chi connectivity index (χ0) is 14.6. The molecule has 1 aromatic rings. The Labute approximate surface area is 124 Å². The fourth-order valence-corrected chi connectivity index (χ4v) is 1.94. The molecule has 0 fully saturated rings. The summed E-state index contributed by atoms with van der Waals surface area (Å²) in [7, 11) is 0. The van der Waals surface area contributed by atoms with Gasteiger partial charge < -0.3 is 10.6 Å². The fraction of sp³-hybridized carbons (Fsp3) is 0.357. The van der Waals surface area contributed by atoms with Gasteiger partial charge in [0, 0.05) is 17.8 Å². The van der Waals surface area contributed by atoms with Gasteiger partial charge in [-0.05, 0) is 32.9 Å². The molecule has 19 heavy (non-hydrogen) atoms. The Bertz CT molecular complexity index is 493. The Hall–Kier alpha value is -1.19. The van der Waals surface area contributed by atoms with Crippen LogP contribution in [0.15, 0.2) is 24.8 Å². The summed E-state index contributed by atoms with van der Waals surface area (Å²) in [5.41, 5.74) is 0.819. The molecule has 5 heteroatoms. The van der Waals surface area contributed by atoms with Gasteiger partial charge in [-0.25, -0.2) is 0 Å². The molecule has 3 nitrogen and oxygen atoms in total. The Kier molecular flexibility index (Phi) is 5.27. The van der Waals surface area contributed by atoms with Crippen LogP contribution in [0.2, 0.25) is 10.0 Å². The first-order chi connectivity index (χ1) is 8.76. The highest BCUT2D eigenvalue weighted by molar-refractivity contribution is 6.44. The van der Waals surface area contributed by atoms with Crippen molar-refractivity contribution in [3.05, 3.63) is 40.4 Å². The maximum atomic E-state index is 12.1. The van der Waals surface area contributed by atoms with Gasteiger partial charge in [-0.1, -0.05) is 29.3 Å². The molecule has 0 heterocycles. The van der Waals surface area contributed by atoms with Gasteiger partial charge in [-0.3, -0.25) is 4.79 Å². The van der Waals surface area contributed by atoms with Crippen LogP contribution in [0.5, 0.6) is 0 Å². The Balaban J connectivity index is 3.20. The Morgan fingerprint density at radius 3 is 2.53 bits per heavy atom. The third-order valence-corrected chi connectivity index (χ3v) is 3.04. The van der Waals surface area contributed by atoms with E-state index in [1.54, 1.807) is 18.2 Å². The van der Waals surface area contributed by atoms with Crippen LogP contribution in [0, 0.1) is 0 Å². The number of rotatable bonds is 4. The standard InChI is InChI=1S/C14H18Cl2N2O/c1-5-8-17-13(19)11-10(18-14(2,3)4)7-6-9(15)12(11)16/h5-7,18H,1,8H2,2-4H3,(H,17,19). The van der Waals surface area contributed by atoms with Gasteiger partial charge >= 0.3 is 0 Å². The van der Waals surface area contributed by atoms with E-state index >= 15 is 0 Å². The van der Waals surface area contributed by atoms with Gasteiger partial charge in [0.1, 0.15) is 0 Å². The van der Waals surface area contributed by atoms with Crippen molar-refractivity contribution >= 4 is 34.8 Å². The molecular weight excluding hydrogens is 283 g/mol. The normalized spacial score (nSPS) is 11.0. The second-order valence-electron chi connectivity index (χ2n) is 5.16. The summed E-state index contributed by atoms with van der Waals surface area (Å²) in [5.74, 6) is -0.279. The maximum Gasteiger partial charge on any atom is 0.255 e. The molecule has 1 amide bonds. The second-order valence-corrected chi connectivity index (χ2v) is 5.94. The Morgan fingerprint density at radius 1 is 1.37 bits per heavy atom. The van der Waals surface area contributed by atoms with Crippen LogP contribution in [0.1, 0.15) is 31.1 Å². The third-order valence-electron chi connectivity index (χ3n) is 2.24. The molecule has 0 saturated heterocycles. The summed E-state index contributed by atoms with van der Waals surface area (Å²) in [6.45, 7) is 9.93. The van der Waals surface area contributed by atoms with Crippen molar-refractivity contribution < 1.29 is 4.79 Å². The second kappa shape index (κ2) is 6.31. The first-order valence-corrected chi connectivity index (χ1v) is 6.67. The van der Waals surface area contributed by atoms with Crippen molar-refractivity contribution in [1.82, 2.24) is 5.32 Å². The van der Waals surface area contributed by atoms with Gasteiger partial charge in [0.2, 0.25) is 0 Å². The van der Waals surface area contributed by atoms with Crippen molar-refractivity contribution in [3.8, 4) is 0 Å². The van der Waals surface area contributed by atoms with Crippen LogP contribution < -0.4 is 10.6 Å². The first kappa shape index (κ1) is 15.9. The lowest BCUT2D eigenvalue weighted by molar-refractivity contribution is 0.0959.